The highest BCUT2D eigenvalue weighted by atomic mass is 14.9. The van der Waals surface area contributed by atoms with Crippen molar-refractivity contribution in [2.45, 2.75) is 59.8 Å². The molecule has 0 atom stereocenters. The number of nitrogens with one attached hydrogen (secondary N) is 1. The Bertz CT molecular complexity index is 166. The Morgan fingerprint density at radius 2 is 1.73 bits per heavy atom. The van der Waals surface area contributed by atoms with Crippen molar-refractivity contribution in [1.29, 1.82) is 0 Å². The molecule has 0 amide bonds. The molecule has 1 saturated carbocycles. The molecule has 0 bridgehead atoms. The zero-order chi connectivity index (χ0) is 11.3. The van der Waals surface area contributed by atoms with E-state index in [1.54, 1.807) is 0 Å². The summed E-state index contributed by atoms with van der Waals surface area (Å²) >= 11 is 0. The molecule has 90 valence electrons. The first-order valence-corrected chi connectivity index (χ1v) is 6.85. The van der Waals surface area contributed by atoms with Crippen LogP contribution >= 0.6 is 0 Å². The van der Waals surface area contributed by atoms with Crippen molar-refractivity contribution in [2.24, 2.45) is 17.3 Å². The van der Waals surface area contributed by atoms with E-state index in [9.17, 15) is 0 Å². The van der Waals surface area contributed by atoms with Gasteiger partial charge in [0.2, 0.25) is 0 Å². The van der Waals surface area contributed by atoms with E-state index in [0.717, 1.165) is 11.8 Å². The molecule has 0 saturated heterocycles. The summed E-state index contributed by atoms with van der Waals surface area (Å²) in [5, 5.41) is 3.68. The van der Waals surface area contributed by atoms with Gasteiger partial charge in [0.15, 0.2) is 0 Å². The summed E-state index contributed by atoms with van der Waals surface area (Å²) in [4.78, 5) is 0. The molecule has 1 fully saturated rings. The quantitative estimate of drug-likeness (QED) is 0.674. The molecule has 1 aliphatic carbocycles. The van der Waals surface area contributed by atoms with E-state index in [-0.39, 0.29) is 0 Å². The smallest absolute Gasteiger partial charge is 0.00106 e. The van der Waals surface area contributed by atoms with E-state index in [4.69, 9.17) is 0 Å². The zero-order valence-corrected chi connectivity index (χ0v) is 11.1. The maximum atomic E-state index is 3.68. The van der Waals surface area contributed by atoms with Crippen molar-refractivity contribution in [3.63, 3.8) is 0 Å². The van der Waals surface area contributed by atoms with Gasteiger partial charge in [-0.2, -0.15) is 0 Å². The largest absolute Gasteiger partial charge is 0.316 e. The molecule has 0 aromatic heterocycles. The molecule has 0 unspecified atom stereocenters. The second kappa shape index (κ2) is 5.89. The molecule has 1 N–H and O–H groups in total. The molecule has 1 heteroatoms. The molecule has 0 aliphatic heterocycles. The van der Waals surface area contributed by atoms with Crippen molar-refractivity contribution >= 4 is 0 Å². The lowest BCUT2D eigenvalue weighted by molar-refractivity contribution is 0.0425. The fourth-order valence-electron chi connectivity index (χ4n) is 3.12. The van der Waals surface area contributed by atoms with Crippen molar-refractivity contribution in [1.82, 2.24) is 5.32 Å². The Hall–Kier alpha value is -0.0400. The lowest BCUT2D eigenvalue weighted by atomic mass is 9.59. The summed E-state index contributed by atoms with van der Waals surface area (Å²) in [6.45, 7) is 11.7. The maximum absolute atomic E-state index is 3.68. The molecule has 0 aromatic carbocycles. The maximum Gasteiger partial charge on any atom is 0.00106 e. The predicted molar refractivity (Wildman–Crippen MR) is 68.1 cm³/mol. The summed E-state index contributed by atoms with van der Waals surface area (Å²) in [7, 11) is 0. The summed E-state index contributed by atoms with van der Waals surface area (Å²) < 4.78 is 0. The van der Waals surface area contributed by atoms with Gasteiger partial charge in [0.1, 0.15) is 0 Å². The fourth-order valence-corrected chi connectivity index (χ4v) is 3.12. The minimum absolute atomic E-state index is 0.665. The normalized spacial score (nSPS) is 19.6. The van der Waals surface area contributed by atoms with Crippen LogP contribution in [0, 0.1) is 17.3 Å². The number of hydrogen-bond donors (Lipinski definition) is 1. The van der Waals surface area contributed by atoms with Crippen LogP contribution in [0.1, 0.15) is 59.8 Å². The van der Waals surface area contributed by atoms with E-state index in [1.807, 2.05) is 0 Å². The van der Waals surface area contributed by atoms with Gasteiger partial charge in [0, 0.05) is 6.54 Å². The van der Waals surface area contributed by atoms with Crippen LogP contribution in [-0.4, -0.2) is 13.1 Å². The van der Waals surface area contributed by atoms with Gasteiger partial charge in [0.25, 0.3) is 0 Å². The van der Waals surface area contributed by atoms with Crippen molar-refractivity contribution < 1.29 is 0 Å². The second-order valence-electron chi connectivity index (χ2n) is 5.75. The van der Waals surface area contributed by atoms with Gasteiger partial charge in [0.05, 0.1) is 0 Å². The van der Waals surface area contributed by atoms with Gasteiger partial charge in [-0.1, -0.05) is 47.0 Å². The van der Waals surface area contributed by atoms with E-state index in [2.05, 4.69) is 33.0 Å². The van der Waals surface area contributed by atoms with Crippen LogP contribution in [0.15, 0.2) is 0 Å². The van der Waals surface area contributed by atoms with Gasteiger partial charge in [-0.25, -0.2) is 0 Å². The highest BCUT2D eigenvalue weighted by molar-refractivity contribution is 4.94. The first kappa shape index (κ1) is 13.0. The van der Waals surface area contributed by atoms with Gasteiger partial charge in [-0.15, -0.1) is 0 Å². The highest BCUT2D eigenvalue weighted by Gasteiger charge is 2.41. The van der Waals surface area contributed by atoms with Crippen LogP contribution in [0.4, 0.5) is 0 Å². The highest BCUT2D eigenvalue weighted by Crippen LogP contribution is 2.49. The molecule has 0 aromatic rings. The van der Waals surface area contributed by atoms with Crippen molar-refractivity contribution in [2.75, 3.05) is 13.1 Å². The summed E-state index contributed by atoms with van der Waals surface area (Å²) in [6.07, 6.45) is 7.11. The standard InChI is InChI=1S/C14H29N/c1-5-13(6-2)14(8-7-9-14)11-15-10-12(3)4/h12-13,15H,5-11H2,1-4H3. The lowest BCUT2D eigenvalue weighted by Crippen LogP contribution is -2.46. The Morgan fingerprint density at radius 3 is 2.07 bits per heavy atom. The molecular weight excluding hydrogens is 182 g/mol. The average Bonchev–Trinajstić information content (AvgIpc) is 2.14. The molecule has 0 spiro atoms. The molecule has 0 heterocycles. The minimum Gasteiger partial charge on any atom is -0.316 e. The van der Waals surface area contributed by atoms with Gasteiger partial charge < -0.3 is 5.32 Å². The third-order valence-corrected chi connectivity index (χ3v) is 4.23. The third-order valence-electron chi connectivity index (χ3n) is 4.23. The molecule has 0 radical (unpaired) electrons. The van der Waals surface area contributed by atoms with Crippen molar-refractivity contribution in [3.8, 4) is 0 Å². The average molecular weight is 211 g/mol. The minimum atomic E-state index is 0.665. The van der Waals surface area contributed by atoms with E-state index >= 15 is 0 Å². The monoisotopic (exact) mass is 211 g/mol. The van der Waals surface area contributed by atoms with Crippen LogP contribution in [0.3, 0.4) is 0 Å². The Kier molecular flexibility index (Phi) is 5.11. The Balaban J connectivity index is 2.38. The summed E-state index contributed by atoms with van der Waals surface area (Å²) in [5.74, 6) is 1.73. The lowest BCUT2D eigenvalue weighted by Gasteiger charge is -2.48. The second-order valence-corrected chi connectivity index (χ2v) is 5.75. The fraction of sp³-hybridized carbons (Fsp3) is 1.00. The zero-order valence-electron chi connectivity index (χ0n) is 11.1. The topological polar surface area (TPSA) is 12.0 Å². The van der Waals surface area contributed by atoms with Crippen LogP contribution in [-0.2, 0) is 0 Å². The Morgan fingerprint density at radius 1 is 1.13 bits per heavy atom. The van der Waals surface area contributed by atoms with E-state index in [0.29, 0.717) is 5.41 Å². The summed E-state index contributed by atoms with van der Waals surface area (Å²) in [6, 6.07) is 0. The SMILES string of the molecule is CCC(CC)C1(CNCC(C)C)CCC1. The van der Waals surface area contributed by atoms with E-state index in [1.165, 1.54) is 45.2 Å². The number of rotatable bonds is 7. The van der Waals surface area contributed by atoms with Crippen LogP contribution in [0.5, 0.6) is 0 Å². The molecule has 15 heavy (non-hydrogen) atoms. The van der Waals surface area contributed by atoms with Gasteiger partial charge in [-0.3, -0.25) is 0 Å². The predicted octanol–water partition coefficient (Wildman–Crippen LogP) is 3.84. The van der Waals surface area contributed by atoms with E-state index < -0.39 is 0 Å². The molecule has 1 rings (SSSR count). The van der Waals surface area contributed by atoms with Crippen LogP contribution < -0.4 is 5.32 Å². The first-order valence-electron chi connectivity index (χ1n) is 6.85. The molecule has 1 aliphatic rings. The first-order chi connectivity index (χ1) is 7.14. The Labute approximate surface area is 96.0 Å². The third kappa shape index (κ3) is 3.21. The van der Waals surface area contributed by atoms with Crippen molar-refractivity contribution in [3.05, 3.63) is 0 Å². The number of hydrogen-bond acceptors (Lipinski definition) is 1. The molecule has 1 nitrogen and oxygen atoms in total. The van der Waals surface area contributed by atoms with Crippen LogP contribution in [0.2, 0.25) is 0 Å². The summed E-state index contributed by atoms with van der Waals surface area (Å²) in [5.41, 5.74) is 0.665. The molecular formula is C14H29N. The van der Waals surface area contributed by atoms with Gasteiger partial charge >= 0.3 is 0 Å². The van der Waals surface area contributed by atoms with Crippen LogP contribution in [0.25, 0.3) is 0 Å². The van der Waals surface area contributed by atoms with Gasteiger partial charge in [-0.05, 0) is 36.6 Å².